The molecule has 4 aliphatic rings. The molecule has 10 nitrogen and oxygen atoms in total. The number of allylic oxidation sites excluding steroid dienone is 2. The van der Waals surface area contributed by atoms with E-state index in [1.54, 1.807) is 5.57 Å². The van der Waals surface area contributed by atoms with Crippen LogP contribution in [0, 0.1) is 52.3 Å². The Morgan fingerprint density at radius 1 is 0.944 bits per heavy atom. The van der Waals surface area contributed by atoms with Crippen molar-refractivity contribution in [2.24, 2.45) is 52.3 Å². The van der Waals surface area contributed by atoms with Gasteiger partial charge in [-0.3, -0.25) is 9.32 Å². The molecule has 0 aromatic carbocycles. The van der Waals surface area contributed by atoms with Gasteiger partial charge in [0.25, 0.3) is 0 Å². The fourth-order valence-electron chi connectivity index (χ4n) is 10.9. The van der Waals surface area contributed by atoms with Crippen molar-refractivity contribution in [3.63, 3.8) is 0 Å². The maximum atomic E-state index is 12.9. The van der Waals surface area contributed by atoms with E-state index in [1.165, 1.54) is 71.3 Å². The molecule has 0 aliphatic heterocycles. The Labute approximate surface area is 333 Å². The number of rotatable bonds is 26. The van der Waals surface area contributed by atoms with Crippen LogP contribution in [-0.2, 0) is 37.4 Å². The van der Waals surface area contributed by atoms with Crippen LogP contribution in [0.15, 0.2) is 11.6 Å². The third kappa shape index (κ3) is 13.3. The maximum Gasteiger partial charge on any atom is 0.385 e. The molecule has 0 bridgehead atoms. The first-order valence-corrected chi connectivity index (χ1v) is 24.0. The monoisotopic (exact) mass is 801 g/mol. The van der Waals surface area contributed by atoms with Crippen molar-refractivity contribution in [1.29, 1.82) is 0 Å². The Hall–Kier alpha value is -0.490. The summed E-state index contributed by atoms with van der Waals surface area (Å²) in [7, 11) is 1.24. The van der Waals surface area contributed by atoms with Crippen molar-refractivity contribution in [2.75, 3.05) is 73.1 Å². The Bertz CT molecular complexity index is 1210. The van der Waals surface area contributed by atoms with E-state index in [1.807, 2.05) is 0 Å². The molecule has 0 aromatic rings. The summed E-state index contributed by atoms with van der Waals surface area (Å²) in [5.41, 5.74) is 2.53. The van der Waals surface area contributed by atoms with Crippen molar-refractivity contribution in [3.05, 3.63) is 11.6 Å². The second-order valence-electron chi connectivity index (χ2n) is 17.8. The van der Waals surface area contributed by atoms with Crippen LogP contribution in [0.25, 0.3) is 0 Å². The zero-order chi connectivity index (χ0) is 39.2. The van der Waals surface area contributed by atoms with Gasteiger partial charge in [0.2, 0.25) is 5.91 Å². The number of carbonyl (C=O) groups excluding carboxylic acids is 1. The summed E-state index contributed by atoms with van der Waals surface area (Å²) < 4.78 is 43.4. The maximum absolute atomic E-state index is 12.9. The van der Waals surface area contributed by atoms with E-state index >= 15 is 0 Å². The summed E-state index contributed by atoms with van der Waals surface area (Å²) in [6.07, 6.45) is 18.1. The van der Waals surface area contributed by atoms with E-state index in [2.05, 4.69) is 62.8 Å². The van der Waals surface area contributed by atoms with Gasteiger partial charge in [0.1, 0.15) is 6.10 Å². The second-order valence-corrected chi connectivity index (χ2v) is 20.8. The lowest BCUT2D eigenvalue weighted by molar-refractivity contribution is -0.122. The zero-order valence-electron chi connectivity index (χ0n) is 34.6. The lowest BCUT2D eigenvalue weighted by atomic mass is 9.46. The molecule has 314 valence electrons. The molecule has 5 unspecified atom stereocenters. The normalized spacial score (nSPS) is 31.6. The van der Waals surface area contributed by atoms with Crippen molar-refractivity contribution in [3.8, 4) is 0 Å². The second kappa shape index (κ2) is 22.6. The summed E-state index contributed by atoms with van der Waals surface area (Å²) >= 11 is 3.77. The minimum atomic E-state index is -3.41. The highest BCUT2D eigenvalue weighted by Crippen LogP contribution is 2.67. The minimum absolute atomic E-state index is 0.0984. The molecule has 0 aromatic heterocycles. The van der Waals surface area contributed by atoms with Gasteiger partial charge < -0.3 is 33.9 Å². The standard InChI is InChI=1S/C42H76NO9PS/c1-31(2)9-7-10-32(3)37-13-14-38-36-12-11-34-27-33(15-17-41(34,4)39(36)16-18-42(37,38)5)28-40(45)43-19-8-20-48-21-22-49-23-24-50-25-26-51-35(29-44)30-52-53(46,54)47-6/h11,31-33,35-39,44H,7-10,12-30H2,1-6H3,(H,43,45)(H,46,54)/t32-,33+,35?,36?,37-,38?,39?,41+,42-,53?/m1/s1. The fourth-order valence-corrected chi connectivity index (χ4v) is 11.5. The minimum Gasteiger partial charge on any atom is -0.394 e. The number of fused-ring (bicyclic) bond motifs is 5. The molecule has 3 fully saturated rings. The summed E-state index contributed by atoms with van der Waals surface area (Å²) in [5.74, 6) is 5.77. The molecule has 0 spiro atoms. The number of aliphatic hydroxyl groups is 1. The van der Waals surface area contributed by atoms with Gasteiger partial charge in [-0.25, -0.2) is 4.57 Å². The number of nitrogens with one attached hydrogen (secondary N) is 1. The fraction of sp³-hybridized carbons (Fsp3) is 0.929. The number of amides is 1. The summed E-state index contributed by atoms with van der Waals surface area (Å²) in [4.78, 5) is 12.9. The van der Waals surface area contributed by atoms with Crippen LogP contribution in [0.1, 0.15) is 118 Å². The molecular formula is C42H76NO9PS. The molecule has 12 heteroatoms. The summed E-state index contributed by atoms with van der Waals surface area (Å²) in [6.45, 7) is 12.3. The highest BCUT2D eigenvalue weighted by atomic mass is 32.7. The lowest BCUT2D eigenvalue weighted by Gasteiger charge is -2.58. The molecule has 0 heterocycles. The van der Waals surface area contributed by atoms with E-state index in [0.717, 1.165) is 48.3 Å². The van der Waals surface area contributed by atoms with Gasteiger partial charge in [-0.1, -0.05) is 77.8 Å². The van der Waals surface area contributed by atoms with Gasteiger partial charge in [-0.2, -0.15) is 0 Å². The average Bonchev–Trinajstić information content (AvgIpc) is 3.50. The molecule has 4 aliphatic carbocycles. The molecule has 2 N–H and O–H groups in total. The first-order chi connectivity index (χ1) is 25.8. The molecule has 0 radical (unpaired) electrons. The van der Waals surface area contributed by atoms with Crippen molar-refractivity contribution < 1.29 is 42.5 Å². The Morgan fingerprint density at radius 2 is 1.65 bits per heavy atom. The van der Waals surface area contributed by atoms with Crippen LogP contribution in [0.4, 0.5) is 0 Å². The van der Waals surface area contributed by atoms with E-state index in [9.17, 15) is 14.5 Å². The molecule has 54 heavy (non-hydrogen) atoms. The number of aliphatic hydroxyl groups excluding tert-OH is 1. The smallest absolute Gasteiger partial charge is 0.385 e. The molecule has 1 amide bonds. The molecule has 4 rings (SSSR count). The van der Waals surface area contributed by atoms with Crippen LogP contribution in [0.3, 0.4) is 0 Å². The van der Waals surface area contributed by atoms with Gasteiger partial charge in [0.15, 0.2) is 0 Å². The topological polar surface area (TPSA) is 122 Å². The third-order valence-corrected chi connectivity index (χ3v) is 15.6. The van der Waals surface area contributed by atoms with Gasteiger partial charge in [0.05, 0.1) is 52.9 Å². The van der Waals surface area contributed by atoms with Gasteiger partial charge in [-0.05, 0) is 110 Å². The first kappa shape index (κ1) is 46.2. The van der Waals surface area contributed by atoms with Crippen molar-refractivity contribution in [2.45, 2.75) is 124 Å². The van der Waals surface area contributed by atoms with E-state index in [4.69, 9.17) is 23.5 Å². The third-order valence-electron chi connectivity index (χ3n) is 13.9. The number of hydrogen-bond acceptors (Lipinski definition) is 9. The lowest BCUT2D eigenvalue weighted by Crippen LogP contribution is -2.50. The Morgan fingerprint density at radius 3 is 2.33 bits per heavy atom. The number of hydrogen-bond donors (Lipinski definition) is 3. The predicted molar refractivity (Wildman–Crippen MR) is 218 cm³/mol. The quantitative estimate of drug-likeness (QED) is 0.0342. The average molecular weight is 802 g/mol. The summed E-state index contributed by atoms with van der Waals surface area (Å²) in [5, 5.41) is 12.5. The van der Waals surface area contributed by atoms with Crippen molar-refractivity contribution in [1.82, 2.24) is 5.32 Å². The molecule has 3 saturated carbocycles. The number of ether oxygens (including phenoxy) is 4. The molecule has 10 atom stereocenters. The first-order valence-electron chi connectivity index (χ1n) is 21.3. The van der Waals surface area contributed by atoms with Gasteiger partial charge >= 0.3 is 6.80 Å². The van der Waals surface area contributed by atoms with Crippen LogP contribution < -0.4 is 5.32 Å². The van der Waals surface area contributed by atoms with Crippen LogP contribution in [0.2, 0.25) is 0 Å². The van der Waals surface area contributed by atoms with E-state index in [0.29, 0.717) is 69.4 Å². The Balaban J connectivity index is 1.03. The Kier molecular flexibility index (Phi) is 19.3. The zero-order valence-corrected chi connectivity index (χ0v) is 36.4. The van der Waals surface area contributed by atoms with E-state index in [-0.39, 0.29) is 25.7 Å². The molecular weight excluding hydrogens is 726 g/mol. The SMILES string of the molecule is COP(=O)(S)OCC(CO)OCCOCCOCCOCCCNC(=O)C[C@H]1CC[C@@]2(C)C(=CCC3C2CC[C@@]2(C)C3CC[C@@H]2[C@H](C)CCCC(C)C)C1. The van der Waals surface area contributed by atoms with Crippen LogP contribution in [-0.4, -0.2) is 90.2 Å². The van der Waals surface area contributed by atoms with Gasteiger partial charge in [-0.15, -0.1) is 0 Å². The highest BCUT2D eigenvalue weighted by Gasteiger charge is 2.59. The van der Waals surface area contributed by atoms with Gasteiger partial charge in [0, 0.05) is 26.7 Å². The molecule has 0 saturated heterocycles. The highest BCUT2D eigenvalue weighted by molar-refractivity contribution is 8.44. The van der Waals surface area contributed by atoms with Crippen LogP contribution in [0.5, 0.6) is 0 Å². The summed E-state index contributed by atoms with van der Waals surface area (Å²) in [6, 6.07) is 0. The predicted octanol–water partition coefficient (Wildman–Crippen LogP) is 8.67. The largest absolute Gasteiger partial charge is 0.394 e. The number of carbonyl (C=O) groups is 1. The number of thiol groups is 1. The van der Waals surface area contributed by atoms with Crippen LogP contribution >= 0.6 is 19.0 Å². The van der Waals surface area contributed by atoms with E-state index < -0.39 is 12.9 Å². The van der Waals surface area contributed by atoms with Crippen molar-refractivity contribution >= 4 is 25.0 Å².